The van der Waals surface area contributed by atoms with Gasteiger partial charge in [-0.3, -0.25) is 0 Å². The lowest BCUT2D eigenvalue weighted by molar-refractivity contribution is 0.00990. The van der Waals surface area contributed by atoms with E-state index >= 15 is 0 Å². The number of hydrogen-bond donors (Lipinski definition) is 2. The second-order valence-corrected chi connectivity index (χ2v) is 8.82. The number of hydrogen-bond acceptors (Lipinski definition) is 4. The summed E-state index contributed by atoms with van der Waals surface area (Å²) in [5.74, 6) is 0. The standard InChI is InChI=1S/C19H43N3O/c1-16(2)23-17(3)10-11-19(7,8)21-13-15-22(9)14-12-20-18(4,5)6/h16-17,20-21H,10-15H2,1-9H3. The molecule has 0 fully saturated rings. The Morgan fingerprint density at radius 2 is 1.43 bits per heavy atom. The zero-order chi connectivity index (χ0) is 18.1. The van der Waals surface area contributed by atoms with E-state index in [1.165, 1.54) is 0 Å². The summed E-state index contributed by atoms with van der Waals surface area (Å²) in [5.41, 5.74) is 0.370. The molecule has 0 aromatic rings. The lowest BCUT2D eigenvalue weighted by Gasteiger charge is -2.30. The molecule has 0 aromatic carbocycles. The van der Waals surface area contributed by atoms with E-state index < -0.39 is 0 Å². The Morgan fingerprint density at radius 3 is 1.91 bits per heavy atom. The third kappa shape index (κ3) is 15.1. The fraction of sp³-hybridized carbons (Fsp3) is 1.00. The second-order valence-electron chi connectivity index (χ2n) is 8.82. The summed E-state index contributed by atoms with van der Waals surface area (Å²) in [5, 5.41) is 7.22. The van der Waals surface area contributed by atoms with Gasteiger partial charge in [0.15, 0.2) is 0 Å². The van der Waals surface area contributed by atoms with Crippen LogP contribution in [0.2, 0.25) is 0 Å². The minimum Gasteiger partial charge on any atom is -0.376 e. The Bertz CT molecular complexity index is 297. The fourth-order valence-corrected chi connectivity index (χ4v) is 2.50. The largest absolute Gasteiger partial charge is 0.376 e. The molecule has 0 saturated heterocycles. The molecule has 0 aliphatic rings. The summed E-state index contributed by atoms with van der Waals surface area (Å²) in [7, 11) is 2.19. The highest BCUT2D eigenvalue weighted by Gasteiger charge is 2.18. The van der Waals surface area contributed by atoms with Crippen LogP contribution in [-0.2, 0) is 4.74 Å². The Hall–Kier alpha value is -0.160. The van der Waals surface area contributed by atoms with Gasteiger partial charge in [-0.05, 0) is 75.3 Å². The molecule has 0 amide bonds. The van der Waals surface area contributed by atoms with Crippen LogP contribution in [0.4, 0.5) is 0 Å². The van der Waals surface area contributed by atoms with Gasteiger partial charge in [0, 0.05) is 37.3 Å². The molecule has 0 aromatic heterocycles. The normalized spacial score (nSPS) is 14.7. The molecule has 0 rings (SSSR count). The lowest BCUT2D eigenvalue weighted by atomic mass is 9.96. The first-order valence-electron chi connectivity index (χ1n) is 9.25. The van der Waals surface area contributed by atoms with E-state index in [-0.39, 0.29) is 11.1 Å². The Morgan fingerprint density at radius 1 is 0.913 bits per heavy atom. The van der Waals surface area contributed by atoms with Crippen molar-refractivity contribution in [3.8, 4) is 0 Å². The third-order valence-corrected chi connectivity index (χ3v) is 3.93. The van der Waals surface area contributed by atoms with Gasteiger partial charge in [-0.1, -0.05) is 0 Å². The Balaban J connectivity index is 3.83. The monoisotopic (exact) mass is 329 g/mol. The van der Waals surface area contributed by atoms with Crippen molar-refractivity contribution < 1.29 is 4.74 Å². The van der Waals surface area contributed by atoms with Crippen molar-refractivity contribution in [3.05, 3.63) is 0 Å². The van der Waals surface area contributed by atoms with Crippen LogP contribution in [0.15, 0.2) is 0 Å². The van der Waals surface area contributed by atoms with Crippen LogP contribution in [0.3, 0.4) is 0 Å². The van der Waals surface area contributed by atoms with Gasteiger partial charge in [-0.15, -0.1) is 0 Å². The maximum Gasteiger partial charge on any atom is 0.0551 e. The summed E-state index contributed by atoms with van der Waals surface area (Å²) in [6.07, 6.45) is 2.89. The van der Waals surface area contributed by atoms with Crippen molar-refractivity contribution >= 4 is 0 Å². The van der Waals surface area contributed by atoms with Crippen molar-refractivity contribution in [2.45, 2.75) is 91.5 Å². The van der Waals surface area contributed by atoms with Crippen LogP contribution in [0, 0.1) is 0 Å². The number of likely N-dealkylation sites (N-methyl/N-ethyl adjacent to an activating group) is 1. The van der Waals surface area contributed by atoms with Crippen molar-refractivity contribution in [2.75, 3.05) is 33.2 Å². The highest BCUT2D eigenvalue weighted by atomic mass is 16.5. The Kier molecular flexibility index (Phi) is 10.6. The molecule has 4 nitrogen and oxygen atoms in total. The molecule has 0 aliphatic carbocycles. The third-order valence-electron chi connectivity index (χ3n) is 3.93. The molecule has 23 heavy (non-hydrogen) atoms. The van der Waals surface area contributed by atoms with Crippen LogP contribution in [0.5, 0.6) is 0 Å². The van der Waals surface area contributed by atoms with E-state index in [1.54, 1.807) is 0 Å². The molecule has 2 N–H and O–H groups in total. The summed E-state index contributed by atoms with van der Waals surface area (Å²) in [6, 6.07) is 0. The zero-order valence-electron chi connectivity index (χ0n) is 17.3. The van der Waals surface area contributed by atoms with E-state index in [4.69, 9.17) is 4.74 Å². The molecule has 4 heteroatoms. The summed E-state index contributed by atoms with van der Waals surface area (Å²) in [6.45, 7) is 21.8. The fourth-order valence-electron chi connectivity index (χ4n) is 2.50. The molecule has 0 heterocycles. The molecule has 1 atom stereocenters. The number of rotatable bonds is 12. The topological polar surface area (TPSA) is 36.5 Å². The average molecular weight is 330 g/mol. The number of nitrogens with zero attached hydrogens (tertiary/aromatic N) is 1. The molecule has 0 radical (unpaired) electrons. The second kappa shape index (κ2) is 10.7. The molecular formula is C19H43N3O. The molecule has 0 saturated carbocycles. The van der Waals surface area contributed by atoms with E-state index in [1.807, 2.05) is 0 Å². The first kappa shape index (κ1) is 22.8. The average Bonchev–Trinajstić information content (AvgIpc) is 2.34. The van der Waals surface area contributed by atoms with Gasteiger partial charge in [0.1, 0.15) is 0 Å². The van der Waals surface area contributed by atoms with E-state index in [0.717, 1.165) is 39.0 Å². The maximum atomic E-state index is 5.82. The van der Waals surface area contributed by atoms with Crippen LogP contribution >= 0.6 is 0 Å². The van der Waals surface area contributed by atoms with Crippen molar-refractivity contribution in [3.63, 3.8) is 0 Å². The van der Waals surface area contributed by atoms with Crippen LogP contribution < -0.4 is 10.6 Å². The summed E-state index contributed by atoms with van der Waals surface area (Å²) >= 11 is 0. The SMILES string of the molecule is CC(C)OC(C)CCC(C)(C)NCCN(C)CCNC(C)(C)C. The van der Waals surface area contributed by atoms with Gasteiger partial charge in [0.05, 0.1) is 12.2 Å². The van der Waals surface area contributed by atoms with E-state index in [2.05, 4.69) is 78.0 Å². The molecule has 1 unspecified atom stereocenters. The van der Waals surface area contributed by atoms with E-state index in [9.17, 15) is 0 Å². The minimum absolute atomic E-state index is 0.166. The van der Waals surface area contributed by atoms with Crippen LogP contribution in [0.1, 0.15) is 68.2 Å². The highest BCUT2D eigenvalue weighted by Crippen LogP contribution is 2.15. The molecular weight excluding hydrogens is 286 g/mol. The Labute approximate surface area is 145 Å². The summed E-state index contributed by atoms with van der Waals surface area (Å²) in [4.78, 5) is 2.38. The molecule has 0 aliphatic heterocycles. The first-order chi connectivity index (χ1) is 10.4. The molecule has 0 spiro atoms. The van der Waals surface area contributed by atoms with Crippen molar-refractivity contribution in [1.82, 2.24) is 15.5 Å². The van der Waals surface area contributed by atoms with Crippen molar-refractivity contribution in [1.29, 1.82) is 0 Å². The van der Waals surface area contributed by atoms with Gasteiger partial charge in [-0.25, -0.2) is 0 Å². The first-order valence-corrected chi connectivity index (χ1v) is 9.25. The van der Waals surface area contributed by atoms with Gasteiger partial charge < -0.3 is 20.3 Å². The van der Waals surface area contributed by atoms with E-state index in [0.29, 0.717) is 12.2 Å². The summed E-state index contributed by atoms with van der Waals surface area (Å²) < 4.78 is 5.82. The van der Waals surface area contributed by atoms with Gasteiger partial charge >= 0.3 is 0 Å². The maximum absolute atomic E-state index is 5.82. The lowest BCUT2D eigenvalue weighted by Crippen LogP contribution is -2.45. The molecule has 0 bridgehead atoms. The molecule has 140 valence electrons. The predicted molar refractivity (Wildman–Crippen MR) is 102 cm³/mol. The zero-order valence-corrected chi connectivity index (χ0v) is 17.3. The minimum atomic E-state index is 0.166. The highest BCUT2D eigenvalue weighted by molar-refractivity contribution is 4.79. The smallest absolute Gasteiger partial charge is 0.0551 e. The van der Waals surface area contributed by atoms with Gasteiger partial charge in [0.25, 0.3) is 0 Å². The number of ether oxygens (including phenoxy) is 1. The van der Waals surface area contributed by atoms with Crippen LogP contribution in [0.25, 0.3) is 0 Å². The number of nitrogens with one attached hydrogen (secondary N) is 2. The quantitative estimate of drug-likeness (QED) is 0.576. The van der Waals surface area contributed by atoms with Gasteiger partial charge in [0.2, 0.25) is 0 Å². The van der Waals surface area contributed by atoms with Crippen molar-refractivity contribution in [2.24, 2.45) is 0 Å². The van der Waals surface area contributed by atoms with Gasteiger partial charge in [-0.2, -0.15) is 0 Å². The van der Waals surface area contributed by atoms with Crippen LogP contribution in [-0.4, -0.2) is 61.4 Å². The predicted octanol–water partition coefficient (Wildman–Crippen LogP) is 3.27.